The highest BCUT2D eigenvalue weighted by Crippen LogP contribution is 2.18. The molecular formula is C12H17N5. The third-order valence-electron chi connectivity index (χ3n) is 2.55. The van der Waals surface area contributed by atoms with Crippen molar-refractivity contribution in [1.29, 1.82) is 0 Å². The lowest BCUT2D eigenvalue weighted by Crippen LogP contribution is -2.02. The molecule has 0 saturated heterocycles. The molecule has 0 unspecified atom stereocenters. The topological polar surface area (TPSA) is 55.6 Å². The average Bonchev–Trinajstić information content (AvgIpc) is 2.73. The fourth-order valence-electron chi connectivity index (χ4n) is 1.58. The number of aryl methyl sites for hydroxylation is 1. The molecule has 1 aromatic carbocycles. The van der Waals surface area contributed by atoms with Gasteiger partial charge in [0.15, 0.2) is 5.82 Å². The minimum atomic E-state index is 0.534. The predicted molar refractivity (Wildman–Crippen MR) is 66.7 cm³/mol. The molecule has 0 radical (unpaired) electrons. The van der Waals surface area contributed by atoms with Gasteiger partial charge in [0.2, 0.25) is 0 Å². The van der Waals surface area contributed by atoms with Gasteiger partial charge in [0.25, 0.3) is 0 Å². The van der Waals surface area contributed by atoms with E-state index in [4.69, 9.17) is 0 Å². The standard InChI is InChI=1S/C12H17N5/c1-9(2)10-5-4-6-11(7-10)13-8-12-14-16-17(3)15-12/h4-7,9,13H,8H2,1-3H3. The minimum Gasteiger partial charge on any atom is -0.378 e. The van der Waals surface area contributed by atoms with Crippen molar-refractivity contribution in [3.63, 3.8) is 0 Å². The van der Waals surface area contributed by atoms with Gasteiger partial charge in [0, 0.05) is 5.69 Å². The minimum absolute atomic E-state index is 0.534. The number of nitrogens with one attached hydrogen (secondary N) is 1. The summed E-state index contributed by atoms with van der Waals surface area (Å²) in [4.78, 5) is 1.46. The zero-order valence-corrected chi connectivity index (χ0v) is 10.4. The van der Waals surface area contributed by atoms with E-state index in [1.165, 1.54) is 10.4 Å². The van der Waals surface area contributed by atoms with E-state index < -0.39 is 0 Å². The molecule has 0 aliphatic carbocycles. The first kappa shape index (κ1) is 11.6. The normalized spacial score (nSPS) is 10.8. The lowest BCUT2D eigenvalue weighted by atomic mass is 10.0. The summed E-state index contributed by atoms with van der Waals surface area (Å²) in [7, 11) is 1.76. The smallest absolute Gasteiger partial charge is 0.193 e. The SMILES string of the molecule is CC(C)c1cccc(NCc2nnn(C)n2)c1. The van der Waals surface area contributed by atoms with Crippen LogP contribution in [0.25, 0.3) is 0 Å². The fraction of sp³-hybridized carbons (Fsp3) is 0.417. The number of hydrogen-bond donors (Lipinski definition) is 1. The number of benzene rings is 1. The van der Waals surface area contributed by atoms with E-state index >= 15 is 0 Å². The Bertz CT molecular complexity index is 489. The predicted octanol–water partition coefficient (Wildman–Crippen LogP) is 1.95. The van der Waals surface area contributed by atoms with Crippen molar-refractivity contribution in [2.24, 2.45) is 7.05 Å². The van der Waals surface area contributed by atoms with Crippen molar-refractivity contribution >= 4 is 5.69 Å². The van der Waals surface area contributed by atoms with Gasteiger partial charge in [-0.1, -0.05) is 26.0 Å². The first-order valence-corrected chi connectivity index (χ1v) is 5.72. The molecule has 0 atom stereocenters. The summed E-state index contributed by atoms with van der Waals surface area (Å²) in [5.41, 5.74) is 2.41. The molecule has 0 spiro atoms. The number of tetrazole rings is 1. The monoisotopic (exact) mass is 231 g/mol. The molecule has 1 N–H and O–H groups in total. The molecule has 2 rings (SSSR count). The maximum Gasteiger partial charge on any atom is 0.193 e. The van der Waals surface area contributed by atoms with Crippen molar-refractivity contribution < 1.29 is 0 Å². The van der Waals surface area contributed by atoms with E-state index in [9.17, 15) is 0 Å². The second-order valence-corrected chi connectivity index (χ2v) is 4.33. The summed E-state index contributed by atoms with van der Waals surface area (Å²) in [6.07, 6.45) is 0. The quantitative estimate of drug-likeness (QED) is 0.873. The molecule has 0 amide bonds. The summed E-state index contributed by atoms with van der Waals surface area (Å²) in [5.74, 6) is 1.23. The molecular weight excluding hydrogens is 214 g/mol. The fourth-order valence-corrected chi connectivity index (χ4v) is 1.58. The van der Waals surface area contributed by atoms with Gasteiger partial charge < -0.3 is 5.32 Å². The summed E-state index contributed by atoms with van der Waals surface area (Å²) < 4.78 is 0. The molecule has 5 heteroatoms. The lowest BCUT2D eigenvalue weighted by Gasteiger charge is -2.08. The summed E-state index contributed by atoms with van der Waals surface area (Å²) in [5, 5.41) is 15.1. The van der Waals surface area contributed by atoms with Crippen LogP contribution in [0.3, 0.4) is 0 Å². The highest BCUT2D eigenvalue weighted by Gasteiger charge is 2.02. The molecule has 1 aromatic heterocycles. The molecule has 0 aliphatic rings. The highest BCUT2D eigenvalue weighted by molar-refractivity contribution is 5.46. The Morgan fingerprint density at radius 1 is 1.35 bits per heavy atom. The molecule has 0 fully saturated rings. The van der Waals surface area contributed by atoms with Crippen LogP contribution in [0.15, 0.2) is 24.3 Å². The second-order valence-electron chi connectivity index (χ2n) is 4.33. The van der Waals surface area contributed by atoms with E-state index in [2.05, 4.69) is 52.8 Å². The molecule has 5 nitrogen and oxygen atoms in total. The van der Waals surface area contributed by atoms with Crippen molar-refractivity contribution in [3.05, 3.63) is 35.7 Å². The Kier molecular flexibility index (Phi) is 3.37. The number of rotatable bonds is 4. The van der Waals surface area contributed by atoms with Crippen LogP contribution < -0.4 is 5.32 Å². The van der Waals surface area contributed by atoms with Crippen LogP contribution in [0, 0.1) is 0 Å². The summed E-state index contributed by atoms with van der Waals surface area (Å²) >= 11 is 0. The van der Waals surface area contributed by atoms with Gasteiger partial charge >= 0.3 is 0 Å². The van der Waals surface area contributed by atoms with Gasteiger partial charge in [-0.05, 0) is 28.8 Å². The molecule has 2 aromatic rings. The van der Waals surface area contributed by atoms with Gasteiger partial charge in [-0.25, -0.2) is 0 Å². The van der Waals surface area contributed by atoms with Gasteiger partial charge in [0.05, 0.1) is 13.6 Å². The number of aromatic nitrogens is 4. The third kappa shape index (κ3) is 3.03. The van der Waals surface area contributed by atoms with Crippen LogP contribution >= 0.6 is 0 Å². The molecule has 90 valence electrons. The number of anilines is 1. The van der Waals surface area contributed by atoms with E-state index in [0.29, 0.717) is 18.3 Å². The van der Waals surface area contributed by atoms with Gasteiger partial charge in [-0.3, -0.25) is 0 Å². The van der Waals surface area contributed by atoms with Gasteiger partial charge in [-0.15, -0.1) is 10.2 Å². The third-order valence-corrected chi connectivity index (χ3v) is 2.55. The van der Waals surface area contributed by atoms with Crippen molar-refractivity contribution in [2.45, 2.75) is 26.3 Å². The van der Waals surface area contributed by atoms with Crippen LogP contribution in [0.2, 0.25) is 0 Å². The van der Waals surface area contributed by atoms with Crippen molar-refractivity contribution in [1.82, 2.24) is 20.2 Å². The van der Waals surface area contributed by atoms with Crippen LogP contribution in [0.5, 0.6) is 0 Å². The van der Waals surface area contributed by atoms with E-state index in [-0.39, 0.29) is 0 Å². The maximum absolute atomic E-state index is 4.12. The zero-order chi connectivity index (χ0) is 12.3. The van der Waals surface area contributed by atoms with Crippen molar-refractivity contribution in [3.8, 4) is 0 Å². The van der Waals surface area contributed by atoms with Gasteiger partial charge in [0.1, 0.15) is 0 Å². The largest absolute Gasteiger partial charge is 0.378 e. The zero-order valence-electron chi connectivity index (χ0n) is 10.4. The summed E-state index contributed by atoms with van der Waals surface area (Å²) in [6.45, 7) is 4.96. The van der Waals surface area contributed by atoms with Gasteiger partial charge in [-0.2, -0.15) is 4.80 Å². The maximum atomic E-state index is 4.12. The number of hydrogen-bond acceptors (Lipinski definition) is 4. The first-order chi connectivity index (χ1) is 8.15. The average molecular weight is 231 g/mol. The summed E-state index contributed by atoms with van der Waals surface area (Å²) in [6, 6.07) is 8.39. The first-order valence-electron chi connectivity index (χ1n) is 5.72. The molecule has 0 saturated carbocycles. The van der Waals surface area contributed by atoms with Crippen LogP contribution in [-0.4, -0.2) is 20.2 Å². The molecule has 0 bridgehead atoms. The lowest BCUT2D eigenvalue weighted by molar-refractivity contribution is 0.628. The molecule has 1 heterocycles. The van der Waals surface area contributed by atoms with Crippen LogP contribution in [-0.2, 0) is 13.6 Å². The Balaban J connectivity index is 2.01. The van der Waals surface area contributed by atoms with E-state index in [0.717, 1.165) is 5.69 Å². The Hall–Kier alpha value is -1.91. The Labute approximate surface area is 101 Å². The Morgan fingerprint density at radius 3 is 2.82 bits per heavy atom. The van der Waals surface area contributed by atoms with E-state index in [1.807, 2.05) is 6.07 Å². The number of nitrogens with zero attached hydrogens (tertiary/aromatic N) is 4. The van der Waals surface area contributed by atoms with Crippen LogP contribution in [0.1, 0.15) is 31.2 Å². The van der Waals surface area contributed by atoms with Crippen molar-refractivity contribution in [2.75, 3.05) is 5.32 Å². The second kappa shape index (κ2) is 4.95. The Morgan fingerprint density at radius 2 is 2.18 bits per heavy atom. The van der Waals surface area contributed by atoms with E-state index in [1.54, 1.807) is 7.05 Å². The highest BCUT2D eigenvalue weighted by atomic mass is 15.6. The van der Waals surface area contributed by atoms with Crippen LogP contribution in [0.4, 0.5) is 5.69 Å². The molecule has 17 heavy (non-hydrogen) atoms. The molecule has 0 aliphatic heterocycles.